The first kappa shape index (κ1) is 23.3. The highest BCUT2D eigenvalue weighted by molar-refractivity contribution is 5.83. The Morgan fingerprint density at radius 2 is 0.944 bits per heavy atom. The maximum atomic E-state index is 3.41. The minimum absolute atomic E-state index is 0.861. The Labute approximate surface area is 213 Å². The van der Waals surface area contributed by atoms with E-state index in [-0.39, 0.29) is 0 Å². The van der Waals surface area contributed by atoms with Gasteiger partial charge >= 0.3 is 0 Å². The van der Waals surface area contributed by atoms with Gasteiger partial charge < -0.3 is 0 Å². The van der Waals surface area contributed by atoms with Crippen molar-refractivity contribution in [1.29, 1.82) is 0 Å². The van der Waals surface area contributed by atoms with Crippen molar-refractivity contribution in [2.75, 3.05) is 0 Å². The van der Waals surface area contributed by atoms with Crippen molar-refractivity contribution < 1.29 is 9.97 Å². The molecule has 0 saturated heterocycles. The van der Waals surface area contributed by atoms with Gasteiger partial charge in [-0.3, -0.25) is 0 Å². The van der Waals surface area contributed by atoms with Gasteiger partial charge in [-0.05, 0) is 47.9 Å². The molecule has 0 aliphatic carbocycles. The zero-order valence-corrected chi connectivity index (χ0v) is 20.5. The van der Waals surface area contributed by atoms with Gasteiger partial charge in [0.15, 0.2) is 23.8 Å². The smallest absolute Gasteiger partial charge is 0.187 e. The fourth-order valence-corrected chi connectivity index (χ4v) is 4.59. The summed E-state index contributed by atoms with van der Waals surface area (Å²) in [5, 5.41) is 5.15. The molecule has 0 radical (unpaired) electrons. The highest BCUT2D eigenvalue weighted by Crippen LogP contribution is 2.17. The second kappa shape index (κ2) is 11.8. The molecule has 0 unspecified atom stereocenters. The van der Waals surface area contributed by atoms with Crippen molar-refractivity contribution in [2.45, 2.75) is 38.5 Å². The summed E-state index contributed by atoms with van der Waals surface area (Å²) in [6.45, 7) is 0. The van der Waals surface area contributed by atoms with Crippen LogP contribution in [0.15, 0.2) is 97.3 Å². The van der Waals surface area contributed by atoms with E-state index >= 15 is 0 Å². The van der Waals surface area contributed by atoms with E-state index in [4.69, 9.17) is 0 Å². The van der Waals surface area contributed by atoms with Crippen LogP contribution in [0.5, 0.6) is 0 Å². The lowest BCUT2D eigenvalue weighted by Crippen LogP contribution is -2.10. The molecule has 2 nitrogen and oxygen atoms in total. The van der Waals surface area contributed by atoms with Crippen molar-refractivity contribution >= 4 is 21.5 Å². The molecule has 0 saturated carbocycles. The summed E-state index contributed by atoms with van der Waals surface area (Å²) in [6, 6.07) is 29.5. The third-order valence-electron chi connectivity index (χ3n) is 6.44. The Balaban J connectivity index is 1.15. The van der Waals surface area contributed by atoms with Crippen LogP contribution in [0.3, 0.4) is 0 Å². The lowest BCUT2D eigenvalue weighted by atomic mass is 10.0. The topological polar surface area (TPSA) is 28.3 Å². The molecule has 36 heavy (non-hydrogen) atoms. The van der Waals surface area contributed by atoms with Crippen LogP contribution < -0.4 is 9.97 Å². The van der Waals surface area contributed by atoms with E-state index < -0.39 is 0 Å². The first-order chi connectivity index (χ1) is 17.9. The molecule has 2 heteroatoms. The third kappa shape index (κ3) is 5.80. The summed E-state index contributed by atoms with van der Waals surface area (Å²) >= 11 is 0. The van der Waals surface area contributed by atoms with Crippen LogP contribution in [0.4, 0.5) is 0 Å². The molecule has 3 aromatic carbocycles. The van der Waals surface area contributed by atoms with E-state index in [0.717, 1.165) is 49.7 Å². The highest BCUT2D eigenvalue weighted by atomic mass is 14.7. The number of aromatic amines is 2. The second-order valence-corrected chi connectivity index (χ2v) is 8.94. The number of hydrogen-bond donors (Lipinski definition) is 0. The number of nitrogens with one attached hydrogen (secondary N) is 2. The molecule has 5 aromatic rings. The zero-order valence-electron chi connectivity index (χ0n) is 20.5. The Morgan fingerprint density at radius 1 is 0.500 bits per heavy atom. The fourth-order valence-electron chi connectivity index (χ4n) is 4.59. The number of unbranched alkanes of at least 4 members (excludes halogenated alkanes) is 2. The Kier molecular flexibility index (Phi) is 7.67. The molecule has 0 aliphatic rings. The molecule has 0 aliphatic heterocycles. The van der Waals surface area contributed by atoms with E-state index in [1.807, 2.05) is 24.5 Å². The van der Waals surface area contributed by atoms with Crippen molar-refractivity contribution in [3.63, 3.8) is 0 Å². The third-order valence-corrected chi connectivity index (χ3v) is 6.44. The van der Waals surface area contributed by atoms with E-state index in [9.17, 15) is 0 Å². The summed E-state index contributed by atoms with van der Waals surface area (Å²) in [7, 11) is 0. The largest absolute Gasteiger partial charge is 0.215 e. The minimum atomic E-state index is 0.861. The molecule has 2 aromatic heterocycles. The van der Waals surface area contributed by atoms with E-state index in [1.54, 1.807) is 0 Å². The monoisotopic (exact) mass is 466 g/mol. The van der Waals surface area contributed by atoms with Crippen LogP contribution in [-0.4, -0.2) is 0 Å². The number of fused-ring (bicyclic) bond motifs is 2. The average Bonchev–Trinajstić information content (AvgIpc) is 2.93. The Morgan fingerprint density at radius 3 is 1.44 bits per heavy atom. The average molecular weight is 467 g/mol. The number of aromatic nitrogens is 2. The maximum Gasteiger partial charge on any atom is 0.187 e. The molecule has 0 spiro atoms. The van der Waals surface area contributed by atoms with Gasteiger partial charge in [0.2, 0.25) is 0 Å². The van der Waals surface area contributed by atoms with E-state index in [1.165, 1.54) is 32.9 Å². The molecule has 2 heterocycles. The quantitative estimate of drug-likeness (QED) is 0.205. The van der Waals surface area contributed by atoms with Crippen LogP contribution in [0.25, 0.3) is 21.5 Å². The minimum Gasteiger partial charge on any atom is -0.215 e. The predicted molar refractivity (Wildman–Crippen MR) is 147 cm³/mol. The normalized spacial score (nSPS) is 10.4. The van der Waals surface area contributed by atoms with Gasteiger partial charge in [-0.2, -0.15) is 0 Å². The van der Waals surface area contributed by atoms with Gasteiger partial charge in [0.05, 0.1) is 0 Å². The number of aryl methyl sites for hydroxylation is 2. The van der Waals surface area contributed by atoms with Crippen LogP contribution in [0, 0.1) is 23.7 Å². The number of H-pyrrole nitrogens is 2. The molecule has 0 fully saturated rings. The standard InChI is InChI=1S/C34H28N2/c1(5-21-33-31-19-11-9-17-29(31)23-25-35-33)3-13-27-15-7-8-16-28(27)14-4-2-6-22-34-32-20-12-10-18-30(32)24-26-36-34/h7-12,15-20,23-26H,1-2,5-6,21-22H2/p+2. The second-order valence-electron chi connectivity index (χ2n) is 8.94. The molecule has 2 N–H and O–H groups in total. The molecule has 174 valence electrons. The number of rotatable bonds is 6. The Bertz CT molecular complexity index is 1480. The summed E-state index contributed by atoms with van der Waals surface area (Å²) in [5.41, 5.74) is 4.60. The summed E-state index contributed by atoms with van der Waals surface area (Å²) < 4.78 is 0. The molecule has 0 bridgehead atoms. The van der Waals surface area contributed by atoms with Crippen LogP contribution in [0.2, 0.25) is 0 Å². The van der Waals surface area contributed by atoms with Gasteiger partial charge in [0.1, 0.15) is 0 Å². The lowest BCUT2D eigenvalue weighted by Gasteiger charge is -1.99. The highest BCUT2D eigenvalue weighted by Gasteiger charge is 2.07. The van der Waals surface area contributed by atoms with Crippen molar-refractivity contribution in [3.05, 3.63) is 120 Å². The Hall–Kier alpha value is -4.40. The van der Waals surface area contributed by atoms with Crippen LogP contribution in [0.1, 0.15) is 48.2 Å². The van der Waals surface area contributed by atoms with Gasteiger partial charge in [-0.1, -0.05) is 72.2 Å². The molecular weight excluding hydrogens is 436 g/mol. The number of pyridine rings is 2. The molecular formula is C34H30N2+2. The SMILES string of the molecule is C(#Cc1ccccc1C#CCCCc1[nH+]ccc2ccccc12)CCCc1[nH+]ccc2ccccc12. The molecule has 0 amide bonds. The molecule has 5 rings (SSSR count). The fraction of sp³-hybridized carbons (Fsp3) is 0.176. The first-order valence-electron chi connectivity index (χ1n) is 12.7. The van der Waals surface area contributed by atoms with Crippen LogP contribution >= 0.6 is 0 Å². The van der Waals surface area contributed by atoms with Crippen molar-refractivity contribution in [2.24, 2.45) is 0 Å². The number of hydrogen-bond acceptors (Lipinski definition) is 0. The van der Waals surface area contributed by atoms with Crippen LogP contribution in [-0.2, 0) is 12.8 Å². The zero-order chi connectivity index (χ0) is 24.4. The molecule has 0 atom stereocenters. The van der Waals surface area contributed by atoms with E-state index in [2.05, 4.69) is 106 Å². The van der Waals surface area contributed by atoms with Gasteiger partial charge in [-0.15, -0.1) is 0 Å². The first-order valence-corrected chi connectivity index (χ1v) is 12.7. The summed E-state index contributed by atoms with van der Waals surface area (Å²) in [6.07, 6.45) is 9.81. The van der Waals surface area contributed by atoms with Crippen molar-refractivity contribution in [3.8, 4) is 23.7 Å². The predicted octanol–water partition coefficient (Wildman–Crippen LogP) is 6.37. The van der Waals surface area contributed by atoms with Gasteiger partial charge in [-0.25, -0.2) is 9.97 Å². The summed E-state index contributed by atoms with van der Waals surface area (Å²) in [4.78, 5) is 6.83. The maximum absolute atomic E-state index is 3.41. The van der Waals surface area contributed by atoms with Gasteiger partial charge in [0.25, 0.3) is 0 Å². The lowest BCUT2D eigenvalue weighted by molar-refractivity contribution is -0.388. The summed E-state index contributed by atoms with van der Waals surface area (Å²) in [5.74, 6) is 13.4. The van der Waals surface area contributed by atoms with Gasteiger partial charge in [0, 0.05) is 59.7 Å². The van der Waals surface area contributed by atoms with Crippen molar-refractivity contribution in [1.82, 2.24) is 0 Å². The number of benzene rings is 3. The van der Waals surface area contributed by atoms with E-state index in [0.29, 0.717) is 0 Å².